The molecule has 0 bridgehead atoms. The molecule has 12 heteroatoms. The molecule has 0 saturated heterocycles. The lowest BCUT2D eigenvalue weighted by molar-refractivity contribution is -0.150. The lowest BCUT2D eigenvalue weighted by Crippen LogP contribution is -2.53. The van der Waals surface area contributed by atoms with Gasteiger partial charge in [0, 0.05) is 12.0 Å². The Morgan fingerprint density at radius 2 is 1.36 bits per heavy atom. The van der Waals surface area contributed by atoms with Crippen LogP contribution in [0.2, 0.25) is 0 Å². The number of esters is 1. The molecule has 0 aliphatic carbocycles. The number of hydrazone groups is 1. The molecule has 3 N–H and O–H groups in total. The molecule has 3 atom stereocenters. The number of unbranched alkanes of at least 4 members (excludes halogenated alkanes) is 1. The number of carbonyl (C=O) groups is 4. The summed E-state index contributed by atoms with van der Waals surface area (Å²) >= 11 is 1.03. The summed E-state index contributed by atoms with van der Waals surface area (Å²) in [7, 11) is 0. The first-order valence-corrected chi connectivity index (χ1v) is 17.7. The van der Waals surface area contributed by atoms with Crippen molar-refractivity contribution >= 4 is 40.7 Å². The SMILES string of the molecule is CC(C)(C)C1=NN(C(=O)[C@H](CCCCNC(=O)OCc2ccccc2)N[C@@H](CCc2ccccc2)C(=O)OCc2ccccc2)[C@H](C(=O)O)S1. The molecule has 3 aromatic rings. The molecule has 0 fully saturated rings. The normalized spacial score (nSPS) is 15.5. The number of aliphatic carboxylic acids is 1. The molecule has 0 saturated carbocycles. The van der Waals surface area contributed by atoms with Gasteiger partial charge in [0.25, 0.3) is 5.91 Å². The van der Waals surface area contributed by atoms with Crippen molar-refractivity contribution in [3.8, 4) is 0 Å². The first-order chi connectivity index (χ1) is 24.0. The summed E-state index contributed by atoms with van der Waals surface area (Å²) < 4.78 is 11.0. The zero-order valence-electron chi connectivity index (χ0n) is 28.7. The van der Waals surface area contributed by atoms with Crippen molar-refractivity contribution in [1.29, 1.82) is 0 Å². The van der Waals surface area contributed by atoms with Crippen molar-refractivity contribution in [2.45, 2.75) is 83.5 Å². The Kier molecular flexibility index (Phi) is 14.4. The van der Waals surface area contributed by atoms with Gasteiger partial charge in [0.2, 0.25) is 5.37 Å². The van der Waals surface area contributed by atoms with Gasteiger partial charge in [0.1, 0.15) is 24.3 Å². The van der Waals surface area contributed by atoms with Crippen LogP contribution in [-0.4, -0.2) is 63.1 Å². The van der Waals surface area contributed by atoms with Crippen molar-refractivity contribution in [3.63, 3.8) is 0 Å². The molecule has 0 unspecified atom stereocenters. The number of rotatable bonds is 17. The monoisotopic (exact) mass is 702 g/mol. The molecule has 4 rings (SSSR count). The molecule has 0 spiro atoms. The maximum absolute atomic E-state index is 14.2. The minimum Gasteiger partial charge on any atom is -0.479 e. The number of benzene rings is 3. The Morgan fingerprint density at radius 1 is 0.800 bits per heavy atom. The highest BCUT2D eigenvalue weighted by Gasteiger charge is 2.43. The molecular formula is C38H46N4O7S. The summed E-state index contributed by atoms with van der Waals surface area (Å²) in [6.07, 6.45) is 1.56. The topological polar surface area (TPSA) is 147 Å². The van der Waals surface area contributed by atoms with Crippen molar-refractivity contribution in [2.24, 2.45) is 10.5 Å². The van der Waals surface area contributed by atoms with Gasteiger partial charge < -0.3 is 19.9 Å². The lowest BCUT2D eigenvalue weighted by atomic mass is 9.99. The number of nitrogens with zero attached hydrogens (tertiary/aromatic N) is 2. The van der Waals surface area contributed by atoms with Gasteiger partial charge in [0.15, 0.2) is 0 Å². The Morgan fingerprint density at radius 3 is 1.92 bits per heavy atom. The molecule has 2 amide bonds. The highest BCUT2D eigenvalue weighted by atomic mass is 32.2. The van der Waals surface area contributed by atoms with Gasteiger partial charge in [-0.25, -0.2) is 14.6 Å². The molecule has 0 aromatic heterocycles. The van der Waals surface area contributed by atoms with Crippen LogP contribution in [0.4, 0.5) is 4.79 Å². The van der Waals surface area contributed by atoms with E-state index in [0.29, 0.717) is 37.3 Å². The van der Waals surface area contributed by atoms with E-state index < -0.39 is 46.8 Å². The number of carbonyl (C=O) groups excluding carboxylic acids is 3. The van der Waals surface area contributed by atoms with E-state index in [1.165, 1.54) is 0 Å². The van der Waals surface area contributed by atoms with Crippen LogP contribution in [0.1, 0.15) is 63.1 Å². The van der Waals surface area contributed by atoms with Crippen molar-refractivity contribution < 1.29 is 33.8 Å². The fraction of sp³-hybridized carbons (Fsp3) is 0.395. The summed E-state index contributed by atoms with van der Waals surface area (Å²) in [5.41, 5.74) is 2.24. The third-order valence-corrected chi connectivity index (χ3v) is 9.44. The molecule has 1 aliphatic rings. The fourth-order valence-corrected chi connectivity index (χ4v) is 6.20. The van der Waals surface area contributed by atoms with Crippen LogP contribution in [0.5, 0.6) is 0 Å². The first-order valence-electron chi connectivity index (χ1n) is 16.8. The minimum absolute atomic E-state index is 0.0664. The van der Waals surface area contributed by atoms with Crippen LogP contribution in [0.25, 0.3) is 0 Å². The van der Waals surface area contributed by atoms with E-state index in [9.17, 15) is 24.3 Å². The second-order valence-electron chi connectivity index (χ2n) is 13.0. The first kappa shape index (κ1) is 38.1. The number of hydrogen-bond acceptors (Lipinski definition) is 9. The summed E-state index contributed by atoms with van der Waals surface area (Å²) in [6, 6.07) is 26.5. The predicted octanol–water partition coefficient (Wildman–Crippen LogP) is 6.13. The molecule has 1 heterocycles. The van der Waals surface area contributed by atoms with E-state index in [0.717, 1.165) is 33.5 Å². The number of nitrogens with one attached hydrogen (secondary N) is 2. The van der Waals surface area contributed by atoms with E-state index in [1.54, 1.807) is 0 Å². The number of amides is 2. The zero-order chi connectivity index (χ0) is 35.9. The zero-order valence-corrected chi connectivity index (χ0v) is 29.6. The van der Waals surface area contributed by atoms with E-state index in [4.69, 9.17) is 9.47 Å². The molecule has 11 nitrogen and oxygen atoms in total. The lowest BCUT2D eigenvalue weighted by Gasteiger charge is -2.28. The highest BCUT2D eigenvalue weighted by Crippen LogP contribution is 2.36. The number of hydrogen-bond donors (Lipinski definition) is 3. The molecule has 3 aromatic carbocycles. The molecular weight excluding hydrogens is 657 g/mol. The number of carboxylic acids is 1. The third kappa shape index (κ3) is 12.0. The summed E-state index contributed by atoms with van der Waals surface area (Å²) in [5, 5.41) is 20.8. The molecule has 266 valence electrons. The average molecular weight is 703 g/mol. The Hall–Kier alpha value is -4.68. The quantitative estimate of drug-likeness (QED) is 0.112. The average Bonchev–Trinajstić information content (AvgIpc) is 3.59. The van der Waals surface area contributed by atoms with E-state index in [-0.39, 0.29) is 19.6 Å². The Labute approximate surface area is 297 Å². The molecule has 0 radical (unpaired) electrons. The largest absolute Gasteiger partial charge is 0.479 e. The predicted molar refractivity (Wildman–Crippen MR) is 193 cm³/mol. The van der Waals surface area contributed by atoms with Gasteiger partial charge in [-0.2, -0.15) is 5.10 Å². The van der Waals surface area contributed by atoms with Crippen LogP contribution in [0, 0.1) is 5.41 Å². The number of alkyl carbamates (subject to hydrolysis) is 1. The van der Waals surface area contributed by atoms with Crippen LogP contribution in [0.15, 0.2) is 96.1 Å². The van der Waals surface area contributed by atoms with Gasteiger partial charge in [0.05, 0.1) is 6.04 Å². The van der Waals surface area contributed by atoms with Crippen LogP contribution in [0.3, 0.4) is 0 Å². The fourth-order valence-electron chi connectivity index (χ4n) is 5.15. The summed E-state index contributed by atoms with van der Waals surface area (Å²) in [6.45, 7) is 6.23. The number of ether oxygens (including phenoxy) is 2. The smallest absolute Gasteiger partial charge is 0.407 e. The van der Waals surface area contributed by atoms with E-state index >= 15 is 0 Å². The standard InChI is InChI=1S/C38H46N4O7S/c1-38(2,3)36-41-42(33(50-36)34(44)45)32(43)30(21-13-14-24-39-37(47)49-26-29-19-11-6-12-20-29)40-31(23-22-27-15-7-4-8-16-27)35(46)48-25-28-17-9-5-10-18-28/h4-12,15-20,30-31,33,40H,13-14,21-26H2,1-3H3,(H,39,47)(H,44,45)/t30-,31-,33-/m0/s1. The number of carboxylic acid groups (broad SMARTS) is 1. The Bertz CT molecular complexity index is 1580. The van der Waals surface area contributed by atoms with Crippen LogP contribution in [-0.2, 0) is 43.5 Å². The van der Waals surface area contributed by atoms with Gasteiger partial charge in [-0.15, -0.1) is 0 Å². The second kappa shape index (κ2) is 18.9. The van der Waals surface area contributed by atoms with Crippen molar-refractivity contribution in [2.75, 3.05) is 6.54 Å². The molecule has 1 aliphatic heterocycles. The summed E-state index contributed by atoms with van der Waals surface area (Å²) in [5.74, 6) is -2.26. The highest BCUT2D eigenvalue weighted by molar-refractivity contribution is 8.15. The van der Waals surface area contributed by atoms with E-state index in [2.05, 4.69) is 15.7 Å². The minimum atomic E-state index is -1.24. The molecule has 50 heavy (non-hydrogen) atoms. The van der Waals surface area contributed by atoms with Crippen molar-refractivity contribution in [3.05, 3.63) is 108 Å². The van der Waals surface area contributed by atoms with Gasteiger partial charge in [-0.3, -0.25) is 14.9 Å². The summed E-state index contributed by atoms with van der Waals surface area (Å²) in [4.78, 5) is 52.3. The van der Waals surface area contributed by atoms with Crippen molar-refractivity contribution in [1.82, 2.24) is 15.6 Å². The van der Waals surface area contributed by atoms with Crippen LogP contribution < -0.4 is 10.6 Å². The Balaban J connectivity index is 1.47. The van der Waals surface area contributed by atoms with E-state index in [1.807, 2.05) is 112 Å². The second-order valence-corrected chi connectivity index (χ2v) is 14.1. The number of aryl methyl sites for hydroxylation is 1. The van der Waals surface area contributed by atoms with Gasteiger partial charge >= 0.3 is 18.0 Å². The van der Waals surface area contributed by atoms with Crippen LogP contribution >= 0.6 is 11.8 Å². The maximum Gasteiger partial charge on any atom is 0.407 e. The number of thioether (sulfide) groups is 1. The third-order valence-electron chi connectivity index (χ3n) is 7.90. The van der Waals surface area contributed by atoms with Gasteiger partial charge in [-0.1, -0.05) is 124 Å². The van der Waals surface area contributed by atoms with Gasteiger partial charge in [-0.05, 0) is 48.8 Å². The maximum atomic E-state index is 14.2.